The average molecular weight is 845 g/mol. The first-order valence-electron chi connectivity index (χ1n) is 20.0. The van der Waals surface area contributed by atoms with Crippen molar-refractivity contribution in [1.29, 1.82) is 0 Å². The Labute approximate surface area is 354 Å². The zero-order chi connectivity index (χ0) is 44.0. The highest BCUT2D eigenvalue weighted by Crippen LogP contribution is 2.55. The number of hydrogen-bond acceptors (Lipinski definition) is 4. The molecule has 0 aliphatic carbocycles. The van der Waals surface area contributed by atoms with E-state index in [-0.39, 0.29) is 17.1 Å². The number of carbonyl (C=O) groups is 1. The summed E-state index contributed by atoms with van der Waals surface area (Å²) in [6, 6.07) is 45.1. The average Bonchev–Trinajstić information content (AvgIpc) is 3.74. The Kier molecular flexibility index (Phi) is 10.7. The molecular weight excluding hydrogens is 803 g/mol. The van der Waals surface area contributed by atoms with Crippen LogP contribution >= 0.6 is 0 Å². The monoisotopic (exact) mass is 844 g/mol. The van der Waals surface area contributed by atoms with Crippen LogP contribution in [0.1, 0.15) is 36.1 Å². The minimum atomic E-state index is -4.58. The van der Waals surface area contributed by atoms with Gasteiger partial charge in [0.2, 0.25) is 11.3 Å². The third kappa shape index (κ3) is 6.56. The number of para-hydroxylation sites is 4. The number of hydrogen-bond donors (Lipinski definition) is 2. The van der Waals surface area contributed by atoms with Gasteiger partial charge >= 0.3 is 18.3 Å². The number of nitrogens with zero attached hydrogens (tertiary/aromatic N) is 2. The van der Waals surface area contributed by atoms with Crippen molar-refractivity contribution in [3.8, 4) is 22.5 Å². The van der Waals surface area contributed by atoms with Gasteiger partial charge in [0, 0.05) is 51.3 Å². The molecule has 0 amide bonds. The zero-order valence-electron chi connectivity index (χ0n) is 34.2. The molecule has 0 bridgehead atoms. The van der Waals surface area contributed by atoms with Crippen molar-refractivity contribution in [2.45, 2.75) is 51.4 Å². The number of ether oxygens (including phenoxy) is 1. The van der Waals surface area contributed by atoms with Crippen LogP contribution in [0.4, 0.5) is 37.7 Å². The second kappa shape index (κ2) is 15.8. The van der Waals surface area contributed by atoms with E-state index >= 15 is 0 Å². The van der Waals surface area contributed by atoms with Gasteiger partial charge in [-0.1, -0.05) is 133 Å². The maximum Gasteiger partial charge on any atom is 0.435 e. The molecule has 8 aromatic rings. The number of alkyl halides is 6. The number of fused-ring (bicyclic) bond motifs is 10. The lowest BCUT2D eigenvalue weighted by atomic mass is 9.92. The lowest BCUT2D eigenvalue weighted by molar-refractivity contribution is -0.190. The Morgan fingerprint density at radius 3 is 1.21 bits per heavy atom. The summed E-state index contributed by atoms with van der Waals surface area (Å²) >= 11 is 0. The van der Waals surface area contributed by atoms with E-state index in [1.165, 1.54) is 40.3 Å². The standard InChI is InChI=1S/2C23H17F3N2.C4H8O2/c2*1-15-17-11-6-8-14-20(17)28-21(15)18-12-5-7-13-19(18)27-22(28,23(24,25)26)16-9-3-2-4-10-16;1-3-6-4(2)5/h2*2-14,27H,1H3;3H2,1-2H3/t2*22-;/m11./s1. The van der Waals surface area contributed by atoms with Crippen LogP contribution in [0.15, 0.2) is 158 Å². The summed E-state index contributed by atoms with van der Waals surface area (Å²) in [4.78, 5) is 9.82. The number of nitrogens with one attached hydrogen (secondary N) is 2. The van der Waals surface area contributed by atoms with Crippen LogP contribution in [-0.2, 0) is 20.9 Å². The fourth-order valence-electron chi connectivity index (χ4n) is 8.93. The molecule has 12 heteroatoms. The molecule has 62 heavy (non-hydrogen) atoms. The molecule has 10 rings (SSSR count). The Hall–Kier alpha value is -6.95. The van der Waals surface area contributed by atoms with E-state index in [9.17, 15) is 31.1 Å². The van der Waals surface area contributed by atoms with E-state index in [1.54, 1.807) is 91.9 Å². The van der Waals surface area contributed by atoms with Crippen molar-refractivity contribution in [3.05, 3.63) is 180 Å². The molecule has 316 valence electrons. The van der Waals surface area contributed by atoms with Crippen molar-refractivity contribution in [3.63, 3.8) is 0 Å². The molecule has 6 aromatic carbocycles. The number of halogens is 6. The fourth-order valence-corrected chi connectivity index (χ4v) is 8.93. The molecule has 2 aliphatic rings. The minimum Gasteiger partial charge on any atom is -0.466 e. The molecule has 2 aliphatic heterocycles. The van der Waals surface area contributed by atoms with Gasteiger partial charge in [-0.3, -0.25) is 4.79 Å². The normalized spacial score (nSPS) is 17.4. The number of benzene rings is 6. The van der Waals surface area contributed by atoms with Crippen molar-refractivity contribution in [2.75, 3.05) is 17.2 Å². The topological polar surface area (TPSA) is 60.2 Å². The molecule has 0 fully saturated rings. The molecule has 4 heterocycles. The summed E-state index contributed by atoms with van der Waals surface area (Å²) in [7, 11) is 0. The van der Waals surface area contributed by atoms with Gasteiger partial charge in [0.05, 0.1) is 29.0 Å². The smallest absolute Gasteiger partial charge is 0.435 e. The van der Waals surface area contributed by atoms with E-state index < -0.39 is 23.7 Å². The number of anilines is 2. The van der Waals surface area contributed by atoms with Gasteiger partial charge in [-0.2, -0.15) is 26.3 Å². The van der Waals surface area contributed by atoms with Crippen molar-refractivity contribution < 1.29 is 35.9 Å². The van der Waals surface area contributed by atoms with E-state index in [2.05, 4.69) is 15.4 Å². The molecule has 0 saturated heterocycles. The number of aryl methyl sites for hydroxylation is 2. The molecule has 2 atom stereocenters. The van der Waals surface area contributed by atoms with Crippen LogP contribution in [-0.4, -0.2) is 34.1 Å². The number of carbonyl (C=O) groups excluding carboxylic acids is 1. The third-order valence-corrected chi connectivity index (χ3v) is 11.5. The first-order chi connectivity index (χ1) is 29.7. The largest absolute Gasteiger partial charge is 0.466 e. The van der Waals surface area contributed by atoms with Crippen LogP contribution in [0.3, 0.4) is 0 Å². The lowest BCUT2D eigenvalue weighted by Gasteiger charge is -2.44. The quantitative estimate of drug-likeness (QED) is 0.137. The molecule has 0 saturated carbocycles. The SMILES string of the molecule is CCOC(C)=O.Cc1c2n(c3ccccc13)[C@](c1ccccc1)(C(F)(F)F)Nc1ccccc1-2.Cc1c2n(c3ccccc13)[C@](c1ccccc1)(C(F)(F)F)Nc1ccccc1-2. The summed E-state index contributed by atoms with van der Waals surface area (Å²) in [5.41, 5.74) is 1.98. The first-order valence-corrected chi connectivity index (χ1v) is 20.0. The Bertz CT molecular complexity index is 2730. The predicted octanol–water partition coefficient (Wildman–Crippen LogP) is 13.2. The molecule has 2 aromatic heterocycles. The summed E-state index contributed by atoms with van der Waals surface area (Å²) < 4.78 is 96.7. The molecule has 0 unspecified atom stereocenters. The molecule has 2 N–H and O–H groups in total. The van der Waals surface area contributed by atoms with Crippen LogP contribution in [0, 0.1) is 13.8 Å². The number of rotatable bonds is 3. The van der Waals surface area contributed by atoms with E-state index in [1.807, 2.05) is 62.4 Å². The van der Waals surface area contributed by atoms with Gasteiger partial charge in [-0.15, -0.1) is 0 Å². The van der Waals surface area contributed by atoms with Gasteiger partial charge in [0.25, 0.3) is 0 Å². The highest BCUT2D eigenvalue weighted by Gasteiger charge is 2.62. The van der Waals surface area contributed by atoms with Crippen molar-refractivity contribution in [1.82, 2.24) is 9.13 Å². The first kappa shape index (κ1) is 41.8. The Morgan fingerprint density at radius 2 is 0.871 bits per heavy atom. The Balaban J connectivity index is 0.000000151. The van der Waals surface area contributed by atoms with E-state index in [0.717, 1.165) is 33.0 Å². The summed E-state index contributed by atoms with van der Waals surface area (Å²) in [6.45, 7) is 7.44. The van der Waals surface area contributed by atoms with Gasteiger partial charge in [0.15, 0.2) is 0 Å². The van der Waals surface area contributed by atoms with Crippen LogP contribution in [0.2, 0.25) is 0 Å². The second-order valence-electron chi connectivity index (χ2n) is 15.1. The lowest BCUT2D eigenvalue weighted by Crippen LogP contribution is -2.56. The van der Waals surface area contributed by atoms with E-state index in [0.29, 0.717) is 40.4 Å². The second-order valence-corrected chi connectivity index (χ2v) is 15.1. The van der Waals surface area contributed by atoms with Crippen molar-refractivity contribution >= 4 is 39.1 Å². The maximum absolute atomic E-state index is 14.9. The highest BCUT2D eigenvalue weighted by atomic mass is 19.4. The Morgan fingerprint density at radius 1 is 0.532 bits per heavy atom. The maximum atomic E-state index is 14.9. The molecule has 0 spiro atoms. The third-order valence-electron chi connectivity index (χ3n) is 11.5. The van der Waals surface area contributed by atoms with Gasteiger partial charge in [0.1, 0.15) is 0 Å². The molecular formula is C50H42F6N4O2. The van der Waals surface area contributed by atoms with E-state index in [4.69, 9.17) is 0 Å². The van der Waals surface area contributed by atoms with Crippen molar-refractivity contribution in [2.24, 2.45) is 0 Å². The van der Waals surface area contributed by atoms with Crippen LogP contribution in [0.5, 0.6) is 0 Å². The summed E-state index contributed by atoms with van der Waals surface area (Å²) in [5, 5.41) is 7.37. The van der Waals surface area contributed by atoms with Gasteiger partial charge in [-0.05, 0) is 56.2 Å². The van der Waals surface area contributed by atoms with Crippen LogP contribution in [0.25, 0.3) is 44.3 Å². The van der Waals surface area contributed by atoms with Gasteiger partial charge < -0.3 is 24.5 Å². The molecule has 6 nitrogen and oxygen atoms in total. The number of aromatic nitrogens is 2. The zero-order valence-corrected chi connectivity index (χ0v) is 34.2. The summed E-state index contributed by atoms with van der Waals surface area (Å²) in [5.74, 6) is -0.211. The predicted molar refractivity (Wildman–Crippen MR) is 233 cm³/mol. The fraction of sp³-hybridized carbons (Fsp3) is 0.180. The van der Waals surface area contributed by atoms with Gasteiger partial charge in [-0.25, -0.2) is 0 Å². The minimum absolute atomic E-state index is 0.152. The van der Waals surface area contributed by atoms with Crippen LogP contribution < -0.4 is 10.6 Å². The summed E-state index contributed by atoms with van der Waals surface area (Å²) in [6.07, 6.45) is -9.16. The highest BCUT2D eigenvalue weighted by molar-refractivity contribution is 5.98. The number of esters is 1. The molecule has 0 radical (unpaired) electrons.